The highest BCUT2D eigenvalue weighted by Crippen LogP contribution is 2.14. The molecule has 0 aromatic carbocycles. The van der Waals surface area contributed by atoms with E-state index in [-0.39, 0.29) is 25.2 Å². The zero-order chi connectivity index (χ0) is 46.3. The normalized spacial score (nSPS) is 13.5. The molecule has 0 heterocycles. The molecule has 5 nitrogen and oxygen atoms in total. The van der Waals surface area contributed by atoms with Crippen LogP contribution in [0.1, 0.15) is 194 Å². The Bertz CT molecular complexity index is 1410. The molecule has 0 spiro atoms. The number of hydrogen-bond donors (Lipinski definition) is 1. The summed E-state index contributed by atoms with van der Waals surface area (Å²) in [5.41, 5.74) is 0. The number of esters is 2. The highest BCUT2D eigenvalue weighted by Gasteiger charge is 2.16. The third-order valence-corrected chi connectivity index (χ3v) is 10.1. The van der Waals surface area contributed by atoms with Crippen LogP contribution in [0.25, 0.3) is 0 Å². The van der Waals surface area contributed by atoms with E-state index in [4.69, 9.17) is 9.47 Å². The largest absolute Gasteiger partial charge is 0.462 e. The van der Waals surface area contributed by atoms with E-state index in [0.29, 0.717) is 19.3 Å². The second-order valence-electron chi connectivity index (χ2n) is 16.1. The maximum Gasteiger partial charge on any atom is 0.306 e. The number of rotatable bonds is 44. The Morgan fingerprint density at radius 2 is 0.641 bits per heavy atom. The van der Waals surface area contributed by atoms with Gasteiger partial charge in [0, 0.05) is 12.8 Å². The van der Waals surface area contributed by atoms with E-state index in [1.54, 1.807) is 0 Å². The molecule has 0 aliphatic rings. The lowest BCUT2D eigenvalue weighted by molar-refractivity contribution is -0.161. The van der Waals surface area contributed by atoms with Crippen LogP contribution < -0.4 is 0 Å². The molecule has 0 saturated heterocycles. The van der Waals surface area contributed by atoms with Crippen LogP contribution in [0.5, 0.6) is 0 Å². The number of ether oxygens (including phenoxy) is 2. The van der Waals surface area contributed by atoms with Crippen molar-refractivity contribution < 1.29 is 24.2 Å². The van der Waals surface area contributed by atoms with Crippen LogP contribution in [0, 0.1) is 0 Å². The van der Waals surface area contributed by atoms with Crippen molar-refractivity contribution in [3.8, 4) is 0 Å². The van der Waals surface area contributed by atoms with Crippen molar-refractivity contribution in [1.29, 1.82) is 0 Å². The fourth-order valence-corrected chi connectivity index (χ4v) is 6.39. The molecule has 0 aromatic heterocycles. The van der Waals surface area contributed by atoms with Crippen molar-refractivity contribution >= 4 is 11.9 Å². The van der Waals surface area contributed by atoms with Crippen LogP contribution in [0.2, 0.25) is 0 Å². The van der Waals surface area contributed by atoms with Gasteiger partial charge in [-0.05, 0) is 109 Å². The summed E-state index contributed by atoms with van der Waals surface area (Å²) < 4.78 is 10.6. The Kier molecular flexibility index (Phi) is 49.6. The van der Waals surface area contributed by atoms with E-state index in [2.05, 4.69) is 160 Å². The predicted octanol–water partition coefficient (Wildman–Crippen LogP) is 17.1. The molecule has 64 heavy (non-hydrogen) atoms. The summed E-state index contributed by atoms with van der Waals surface area (Å²) in [7, 11) is 0. The molecular formula is C59H92O5. The van der Waals surface area contributed by atoms with E-state index in [1.807, 2.05) is 0 Å². The molecule has 0 aliphatic carbocycles. The smallest absolute Gasteiger partial charge is 0.306 e. The number of hydrogen-bond acceptors (Lipinski definition) is 5. The fraction of sp³-hybridized carbons (Fsp3) is 0.559. The van der Waals surface area contributed by atoms with Gasteiger partial charge in [0.05, 0.1) is 6.61 Å². The summed E-state index contributed by atoms with van der Waals surface area (Å²) in [6.07, 6.45) is 80.9. The van der Waals surface area contributed by atoms with Crippen LogP contribution in [0.3, 0.4) is 0 Å². The number of carbonyl (C=O) groups excluding carboxylic acids is 2. The van der Waals surface area contributed by atoms with Gasteiger partial charge in [-0.3, -0.25) is 9.59 Å². The molecule has 0 aromatic rings. The number of aliphatic hydroxyl groups is 1. The zero-order valence-corrected chi connectivity index (χ0v) is 40.7. The Labute approximate surface area is 393 Å². The van der Waals surface area contributed by atoms with E-state index in [1.165, 1.54) is 57.8 Å². The summed E-state index contributed by atoms with van der Waals surface area (Å²) in [6.45, 7) is 3.84. The first-order chi connectivity index (χ1) is 31.6. The van der Waals surface area contributed by atoms with Crippen LogP contribution in [-0.2, 0) is 19.1 Å². The van der Waals surface area contributed by atoms with Crippen molar-refractivity contribution in [3.63, 3.8) is 0 Å². The topological polar surface area (TPSA) is 72.8 Å². The predicted molar refractivity (Wildman–Crippen MR) is 278 cm³/mol. The second kappa shape index (κ2) is 53.1. The van der Waals surface area contributed by atoms with Gasteiger partial charge in [-0.1, -0.05) is 217 Å². The van der Waals surface area contributed by atoms with Crippen molar-refractivity contribution in [2.24, 2.45) is 0 Å². The van der Waals surface area contributed by atoms with Gasteiger partial charge in [0.15, 0.2) is 6.10 Å². The third kappa shape index (κ3) is 50.4. The van der Waals surface area contributed by atoms with Crippen LogP contribution in [0.4, 0.5) is 0 Å². The summed E-state index contributed by atoms with van der Waals surface area (Å²) in [5, 5.41) is 9.61. The minimum Gasteiger partial charge on any atom is -0.462 e. The van der Waals surface area contributed by atoms with E-state index in [9.17, 15) is 14.7 Å². The molecule has 0 radical (unpaired) electrons. The fourth-order valence-electron chi connectivity index (χ4n) is 6.39. The lowest BCUT2D eigenvalue weighted by Crippen LogP contribution is -2.28. The maximum atomic E-state index is 12.3. The molecule has 358 valence electrons. The average molecular weight is 881 g/mol. The van der Waals surface area contributed by atoms with E-state index >= 15 is 0 Å². The molecule has 5 heteroatoms. The standard InChI is InChI=1S/C59H92O5/c1-3-5-7-9-11-13-15-17-19-21-22-23-24-25-26-27-28-29-30-31-32-33-34-35-36-38-40-42-44-46-48-50-52-54-59(62)64-57(55-60)56-63-58(61)53-51-49-47-45-43-41-39-37-20-18-16-14-12-10-8-6-4-2/h5-8,11-14,17-20,22-23,25-26,28-29,31-32,39,41,45,47,57,60H,3-4,9-10,15-16,21,24,27,30,33-38,40,42-44,46,48-56H2,1-2H3/b7-5-,8-6-,13-11-,14-12-,19-17-,20-18-,23-22-,26-25-,29-28-,32-31-,41-39-,47-45-. The second-order valence-corrected chi connectivity index (χ2v) is 16.1. The van der Waals surface area contributed by atoms with E-state index < -0.39 is 6.10 Å². The number of unbranched alkanes of at least 4 members (excludes halogenated alkanes) is 12. The van der Waals surface area contributed by atoms with Gasteiger partial charge >= 0.3 is 11.9 Å². The first kappa shape index (κ1) is 59.8. The SMILES string of the molecule is CC/C=C\C/C=C\C/C=C\C/C=C\C/C=C\C/C=C\C/C=C\CCCCCCCCCCCCCC(=O)OC(CO)COC(=O)CCC/C=C\C/C=C\C/C=C\C/C=C\C/C=C\CC. The van der Waals surface area contributed by atoms with Gasteiger partial charge in [-0.2, -0.15) is 0 Å². The van der Waals surface area contributed by atoms with Crippen LogP contribution >= 0.6 is 0 Å². The minimum absolute atomic E-state index is 0.106. The van der Waals surface area contributed by atoms with Gasteiger partial charge < -0.3 is 14.6 Å². The maximum absolute atomic E-state index is 12.3. The Morgan fingerprint density at radius 3 is 0.984 bits per heavy atom. The Balaban J connectivity index is 3.63. The molecule has 1 N–H and O–H groups in total. The number of allylic oxidation sites excluding steroid dienone is 24. The summed E-state index contributed by atoms with van der Waals surface area (Å²) in [4.78, 5) is 24.4. The molecule has 1 unspecified atom stereocenters. The summed E-state index contributed by atoms with van der Waals surface area (Å²) in [6, 6.07) is 0. The number of aliphatic hydroxyl groups excluding tert-OH is 1. The molecule has 0 aliphatic heterocycles. The molecule has 0 saturated carbocycles. The van der Waals surface area contributed by atoms with Gasteiger partial charge in [-0.15, -0.1) is 0 Å². The molecule has 0 fully saturated rings. The van der Waals surface area contributed by atoms with Gasteiger partial charge in [0.2, 0.25) is 0 Å². The summed E-state index contributed by atoms with van der Waals surface area (Å²) >= 11 is 0. The first-order valence-electron chi connectivity index (χ1n) is 25.4. The van der Waals surface area contributed by atoms with Gasteiger partial charge in [-0.25, -0.2) is 0 Å². The molecular weight excluding hydrogens is 789 g/mol. The zero-order valence-electron chi connectivity index (χ0n) is 40.7. The minimum atomic E-state index is -0.807. The first-order valence-corrected chi connectivity index (χ1v) is 25.4. The Morgan fingerprint density at radius 1 is 0.359 bits per heavy atom. The summed E-state index contributed by atoms with van der Waals surface area (Å²) in [5.74, 6) is -0.674. The monoisotopic (exact) mass is 881 g/mol. The quantitative estimate of drug-likeness (QED) is 0.0375. The lowest BCUT2D eigenvalue weighted by atomic mass is 10.0. The average Bonchev–Trinajstić information content (AvgIpc) is 3.30. The molecule has 0 rings (SSSR count). The van der Waals surface area contributed by atoms with Gasteiger partial charge in [0.25, 0.3) is 0 Å². The van der Waals surface area contributed by atoms with E-state index in [0.717, 1.165) is 103 Å². The number of carbonyl (C=O) groups is 2. The third-order valence-electron chi connectivity index (χ3n) is 10.1. The molecule has 0 amide bonds. The highest BCUT2D eigenvalue weighted by molar-refractivity contribution is 5.70. The van der Waals surface area contributed by atoms with Crippen molar-refractivity contribution in [2.45, 2.75) is 200 Å². The lowest BCUT2D eigenvalue weighted by Gasteiger charge is -2.15. The Hall–Kier alpha value is -4.22. The van der Waals surface area contributed by atoms with Gasteiger partial charge in [0.1, 0.15) is 6.61 Å². The molecule has 0 bridgehead atoms. The molecule has 1 atom stereocenters. The van der Waals surface area contributed by atoms with Crippen molar-refractivity contribution in [1.82, 2.24) is 0 Å². The van der Waals surface area contributed by atoms with Crippen LogP contribution in [0.15, 0.2) is 146 Å². The van der Waals surface area contributed by atoms with Crippen molar-refractivity contribution in [2.75, 3.05) is 13.2 Å². The van der Waals surface area contributed by atoms with Crippen LogP contribution in [-0.4, -0.2) is 36.4 Å². The highest BCUT2D eigenvalue weighted by atomic mass is 16.6. The van der Waals surface area contributed by atoms with Crippen molar-refractivity contribution in [3.05, 3.63) is 146 Å².